The van der Waals surface area contributed by atoms with Gasteiger partial charge in [-0.05, 0) is 30.2 Å². The number of carbonyl (C=O) groups excluding carboxylic acids is 2. The normalized spacial score (nSPS) is 19.8. The Morgan fingerprint density at radius 1 is 1.31 bits per heavy atom. The summed E-state index contributed by atoms with van der Waals surface area (Å²) in [5, 5.41) is 32.2. The van der Waals surface area contributed by atoms with Gasteiger partial charge >= 0.3 is 11.9 Å². The molecule has 190 valence electrons. The van der Waals surface area contributed by atoms with Crippen LogP contribution in [-0.2, 0) is 19.2 Å². The molecule has 12 nitrogen and oxygen atoms in total. The molecule has 0 radical (unpaired) electrons. The van der Waals surface area contributed by atoms with E-state index in [0.717, 1.165) is 5.01 Å². The topological polar surface area (TPSA) is 188 Å². The molecule has 2 aliphatic rings. The van der Waals surface area contributed by atoms with Crippen molar-refractivity contribution in [3.63, 3.8) is 0 Å². The van der Waals surface area contributed by atoms with Crippen molar-refractivity contribution in [3.8, 4) is 0 Å². The fourth-order valence-electron chi connectivity index (χ4n) is 3.69. The first-order valence-electron chi connectivity index (χ1n) is 10.6. The molecule has 36 heavy (non-hydrogen) atoms. The average Bonchev–Trinajstić information content (AvgIpc) is 3.28. The van der Waals surface area contributed by atoms with E-state index in [2.05, 4.69) is 20.8 Å². The number of aliphatic carboxylic acids is 2. The van der Waals surface area contributed by atoms with Crippen molar-refractivity contribution in [3.05, 3.63) is 46.1 Å². The molecular formula is C21H22N6O6S3. The highest BCUT2D eigenvalue weighted by molar-refractivity contribution is 8.01. The van der Waals surface area contributed by atoms with Gasteiger partial charge in [-0.25, -0.2) is 4.79 Å². The number of nitrogens with one attached hydrogen (secondary N) is 2. The predicted octanol–water partition coefficient (Wildman–Crippen LogP) is 0.874. The third kappa shape index (κ3) is 5.48. The minimum Gasteiger partial charge on any atom is -0.480 e. The van der Waals surface area contributed by atoms with Crippen LogP contribution < -0.4 is 16.4 Å². The first-order valence-corrected chi connectivity index (χ1v) is 13.4. The number of anilines is 1. The Morgan fingerprint density at radius 3 is 2.75 bits per heavy atom. The number of hydrogen-bond acceptors (Lipinski definition) is 11. The first kappa shape index (κ1) is 25.9. The number of nitrogens with zero attached hydrogens (tertiary/aromatic N) is 3. The summed E-state index contributed by atoms with van der Waals surface area (Å²) in [5.41, 5.74) is 7.54. The molecule has 3 heterocycles. The number of benzene rings is 1. The number of fused-ring (bicyclic) bond motifs is 1. The molecule has 0 bridgehead atoms. The second-order valence-corrected chi connectivity index (χ2v) is 11.4. The van der Waals surface area contributed by atoms with Crippen LogP contribution in [0.5, 0.6) is 0 Å². The summed E-state index contributed by atoms with van der Waals surface area (Å²) in [4.78, 5) is 49.7. The van der Waals surface area contributed by atoms with Gasteiger partial charge in [0.1, 0.15) is 34.7 Å². The van der Waals surface area contributed by atoms with Crippen molar-refractivity contribution in [1.29, 1.82) is 0 Å². The first-order chi connectivity index (χ1) is 17.2. The third-order valence-corrected chi connectivity index (χ3v) is 8.79. The highest BCUT2D eigenvalue weighted by Crippen LogP contribution is 2.42. The molecule has 2 aromatic rings. The summed E-state index contributed by atoms with van der Waals surface area (Å²) in [5.74, 6) is -2.61. The molecule has 6 N–H and O–H groups in total. The number of nitrogens with two attached hydrogens (primary N) is 1. The number of carbonyl (C=O) groups is 4. The van der Waals surface area contributed by atoms with E-state index in [0.29, 0.717) is 32.7 Å². The summed E-state index contributed by atoms with van der Waals surface area (Å²) in [6.07, 6.45) is 0. The van der Waals surface area contributed by atoms with Crippen molar-refractivity contribution in [2.45, 2.75) is 28.7 Å². The Labute approximate surface area is 217 Å². The zero-order valence-electron chi connectivity index (χ0n) is 18.8. The molecule has 1 aromatic heterocycles. The Kier molecular flexibility index (Phi) is 7.82. The summed E-state index contributed by atoms with van der Waals surface area (Å²) in [7, 11) is 0. The lowest BCUT2D eigenvalue weighted by Crippen LogP contribution is -2.71. The quantitative estimate of drug-likeness (QED) is 0.208. The lowest BCUT2D eigenvalue weighted by molar-refractivity contribution is -0.150. The molecule has 2 amide bonds. The number of carboxylic acids is 2. The molecule has 0 saturated carbocycles. The van der Waals surface area contributed by atoms with Crippen molar-refractivity contribution < 1.29 is 29.4 Å². The second-order valence-electron chi connectivity index (χ2n) is 7.88. The summed E-state index contributed by atoms with van der Waals surface area (Å²) >= 11 is 4.15. The number of aryl methyl sites for hydroxylation is 1. The number of carboxylic acid groups (broad SMARTS) is 2. The Balaban J connectivity index is 1.42. The van der Waals surface area contributed by atoms with E-state index in [-0.39, 0.29) is 12.2 Å². The van der Waals surface area contributed by atoms with E-state index >= 15 is 0 Å². The van der Waals surface area contributed by atoms with Crippen LogP contribution in [0.25, 0.3) is 0 Å². The number of amides is 2. The molecule has 2 unspecified atom stereocenters. The van der Waals surface area contributed by atoms with E-state index in [9.17, 15) is 24.3 Å². The van der Waals surface area contributed by atoms with Gasteiger partial charge in [-0.15, -0.1) is 22.0 Å². The number of hydrogen-bond donors (Lipinski definition) is 5. The molecule has 4 rings (SSSR count). The van der Waals surface area contributed by atoms with E-state index in [1.807, 2.05) is 6.92 Å². The summed E-state index contributed by atoms with van der Waals surface area (Å²) in [6, 6.07) is 4.44. The Morgan fingerprint density at radius 2 is 2.08 bits per heavy atom. The van der Waals surface area contributed by atoms with Gasteiger partial charge in [0, 0.05) is 17.2 Å². The van der Waals surface area contributed by atoms with Gasteiger partial charge in [-0.3, -0.25) is 19.3 Å². The zero-order valence-corrected chi connectivity index (χ0v) is 21.3. The maximum absolute atomic E-state index is 12.9. The van der Waals surface area contributed by atoms with Crippen LogP contribution >= 0.6 is 34.9 Å². The summed E-state index contributed by atoms with van der Waals surface area (Å²) in [6.45, 7) is 1.54. The second kappa shape index (κ2) is 10.9. The van der Waals surface area contributed by atoms with Crippen molar-refractivity contribution in [1.82, 2.24) is 20.4 Å². The highest BCUT2D eigenvalue weighted by Gasteiger charge is 2.54. The molecule has 3 atom stereocenters. The smallest absolute Gasteiger partial charge is 0.352 e. The summed E-state index contributed by atoms with van der Waals surface area (Å²) < 4.78 is 0.716. The molecule has 15 heteroatoms. The minimum absolute atomic E-state index is 0.0653. The molecule has 1 fully saturated rings. The number of β-lactam (4-membered cyclic amide) rings is 1. The van der Waals surface area contributed by atoms with Crippen LogP contribution in [0.4, 0.5) is 5.69 Å². The maximum atomic E-state index is 12.9. The van der Waals surface area contributed by atoms with Gasteiger partial charge in [0.2, 0.25) is 5.91 Å². The van der Waals surface area contributed by atoms with Crippen LogP contribution in [0.3, 0.4) is 0 Å². The maximum Gasteiger partial charge on any atom is 0.352 e. The van der Waals surface area contributed by atoms with Gasteiger partial charge in [-0.1, -0.05) is 35.2 Å². The fraction of sp³-hybridized carbons (Fsp3) is 0.333. The zero-order chi connectivity index (χ0) is 26.0. The van der Waals surface area contributed by atoms with Crippen LogP contribution in [-0.4, -0.2) is 78.5 Å². The van der Waals surface area contributed by atoms with E-state index in [1.165, 1.54) is 39.8 Å². The van der Waals surface area contributed by atoms with Crippen molar-refractivity contribution in [2.75, 3.05) is 23.4 Å². The number of aromatic nitrogens is 2. The largest absolute Gasteiger partial charge is 0.480 e. The number of rotatable bonds is 10. The molecule has 0 aliphatic carbocycles. The average molecular weight is 551 g/mol. The lowest BCUT2D eigenvalue weighted by atomic mass is 10.0. The molecule has 2 aliphatic heterocycles. The highest BCUT2D eigenvalue weighted by atomic mass is 32.2. The third-order valence-electron chi connectivity index (χ3n) is 5.40. The molecular weight excluding hydrogens is 528 g/mol. The van der Waals surface area contributed by atoms with Gasteiger partial charge in [-0.2, -0.15) is 0 Å². The standard InChI is InChI=1S/C21H22N6O6S3/c1-9-25-26-21(36-9)35-8-11-7-34-19-15(18(31)27(19)16(11)20(32)33)24-17(30)14(22)10-3-2-4-12(5-10)23-6-13(28)29/h2-5,14-15,19,23H,6-8,22H2,1H3,(H,24,30)(H,28,29)(H,32,33)/t14?,15?,19-/m0/s1. The van der Waals surface area contributed by atoms with Crippen molar-refractivity contribution in [2.24, 2.45) is 5.73 Å². The van der Waals surface area contributed by atoms with Gasteiger partial charge in [0.05, 0.1) is 0 Å². The van der Waals surface area contributed by atoms with Crippen LogP contribution in [0.2, 0.25) is 0 Å². The van der Waals surface area contributed by atoms with Gasteiger partial charge in [0.25, 0.3) is 5.91 Å². The van der Waals surface area contributed by atoms with E-state index in [4.69, 9.17) is 10.8 Å². The minimum atomic E-state index is -1.20. The van der Waals surface area contributed by atoms with Crippen molar-refractivity contribution >= 4 is 64.3 Å². The van der Waals surface area contributed by atoms with Crippen LogP contribution in [0, 0.1) is 6.92 Å². The van der Waals surface area contributed by atoms with Gasteiger partial charge < -0.3 is 26.6 Å². The van der Waals surface area contributed by atoms with E-state index in [1.54, 1.807) is 24.3 Å². The molecule has 1 aromatic carbocycles. The predicted molar refractivity (Wildman–Crippen MR) is 135 cm³/mol. The van der Waals surface area contributed by atoms with Crippen LogP contribution in [0.15, 0.2) is 39.9 Å². The van der Waals surface area contributed by atoms with Crippen LogP contribution in [0.1, 0.15) is 16.6 Å². The number of thioether (sulfide) groups is 2. The Bertz CT molecular complexity index is 1250. The lowest BCUT2D eigenvalue weighted by Gasteiger charge is -2.49. The fourth-order valence-corrected chi connectivity index (χ4v) is 6.99. The Hall–Kier alpha value is -3.14. The van der Waals surface area contributed by atoms with E-state index < -0.39 is 41.2 Å². The van der Waals surface area contributed by atoms with Gasteiger partial charge in [0.15, 0.2) is 4.34 Å². The monoisotopic (exact) mass is 550 g/mol. The molecule has 0 spiro atoms. The molecule has 1 saturated heterocycles. The SMILES string of the molecule is Cc1nnc(SCC2=C(C(=O)O)N3C(=O)C(NC(=O)C(N)c4cccc(NCC(=O)O)c4)[C@@H]3SC2)s1.